The number of benzene rings is 2. The highest BCUT2D eigenvalue weighted by molar-refractivity contribution is 7.92. The molecular weight excluding hydrogens is 478 g/mol. The van der Waals surface area contributed by atoms with Crippen LogP contribution in [0.25, 0.3) is 10.9 Å². The number of H-pyrrole nitrogens is 1. The first-order valence-corrected chi connectivity index (χ1v) is 13.2. The molecule has 1 aliphatic carbocycles. The van der Waals surface area contributed by atoms with Gasteiger partial charge in [0.25, 0.3) is 15.9 Å². The van der Waals surface area contributed by atoms with Crippen LogP contribution in [0.5, 0.6) is 0 Å². The number of nitriles is 1. The first-order valence-electron chi connectivity index (χ1n) is 11.7. The van der Waals surface area contributed by atoms with Crippen LogP contribution >= 0.6 is 0 Å². The number of nitrogens with one attached hydrogen (secondary N) is 3. The summed E-state index contributed by atoms with van der Waals surface area (Å²) in [5.74, 6) is -0.445. The lowest BCUT2D eigenvalue weighted by Gasteiger charge is -2.30. The Labute approximate surface area is 210 Å². The molecule has 1 heterocycles. The van der Waals surface area contributed by atoms with Crippen LogP contribution in [0.4, 0.5) is 5.69 Å². The summed E-state index contributed by atoms with van der Waals surface area (Å²) in [5, 5.41) is 12.9. The number of nitrogens with zero attached hydrogens (tertiary/aromatic N) is 2. The van der Waals surface area contributed by atoms with E-state index in [-0.39, 0.29) is 22.9 Å². The van der Waals surface area contributed by atoms with E-state index in [2.05, 4.69) is 21.1 Å². The molecule has 1 saturated carbocycles. The molecule has 2 amide bonds. The molecule has 0 radical (unpaired) electrons. The second kappa shape index (κ2) is 9.66. The van der Waals surface area contributed by atoms with E-state index in [0.29, 0.717) is 35.0 Å². The number of sulfonamides is 1. The number of rotatable bonds is 7. The summed E-state index contributed by atoms with van der Waals surface area (Å²) in [6, 6.07) is 11.2. The molecule has 0 spiro atoms. The van der Waals surface area contributed by atoms with Crippen LogP contribution in [-0.2, 0) is 14.8 Å². The maximum absolute atomic E-state index is 13.2. The zero-order valence-corrected chi connectivity index (χ0v) is 21.3. The molecule has 3 N–H and O–H groups in total. The minimum Gasteiger partial charge on any atom is -0.358 e. The molecule has 9 nitrogen and oxygen atoms in total. The maximum Gasteiger partial charge on any atom is 0.261 e. The molecule has 10 heteroatoms. The Morgan fingerprint density at radius 3 is 2.56 bits per heavy atom. The molecule has 1 aromatic heterocycles. The summed E-state index contributed by atoms with van der Waals surface area (Å²) < 4.78 is 29.0. The van der Waals surface area contributed by atoms with Crippen molar-refractivity contribution < 1.29 is 18.0 Å². The molecular formula is C26H29N5O4S. The van der Waals surface area contributed by atoms with Gasteiger partial charge in [0.1, 0.15) is 6.07 Å². The van der Waals surface area contributed by atoms with Crippen LogP contribution in [0, 0.1) is 23.7 Å². The van der Waals surface area contributed by atoms with Gasteiger partial charge in [-0.15, -0.1) is 0 Å². The van der Waals surface area contributed by atoms with E-state index < -0.39 is 21.3 Å². The largest absolute Gasteiger partial charge is 0.358 e. The molecule has 4 rings (SSSR count). The minimum atomic E-state index is -4.03. The quantitative estimate of drug-likeness (QED) is 0.450. The number of aromatic nitrogens is 1. The number of aryl methyl sites for hydroxylation is 1. The fraction of sp³-hybridized carbons (Fsp3) is 0.346. The summed E-state index contributed by atoms with van der Waals surface area (Å²) in [5.41, 5.74) is 1.64. The number of hydrogen-bond donors (Lipinski definition) is 3. The molecule has 0 unspecified atom stereocenters. The van der Waals surface area contributed by atoms with Gasteiger partial charge in [0.05, 0.1) is 27.1 Å². The Balaban J connectivity index is 1.55. The monoisotopic (exact) mass is 507 g/mol. The van der Waals surface area contributed by atoms with Gasteiger partial charge in [-0.25, -0.2) is 8.42 Å². The SMILES string of the molecule is Cc1ccc(NS(=O)(=O)c2cccc(C(=O)NCC3(C(=O)N(C)C)CCCC3)c2)c2[nH]cc(C#N)c12. The van der Waals surface area contributed by atoms with E-state index in [1.54, 1.807) is 37.3 Å². The van der Waals surface area contributed by atoms with Gasteiger partial charge >= 0.3 is 0 Å². The molecule has 188 valence electrons. The van der Waals surface area contributed by atoms with Gasteiger partial charge < -0.3 is 15.2 Å². The zero-order chi connectivity index (χ0) is 26.1. The van der Waals surface area contributed by atoms with E-state index >= 15 is 0 Å². The fourth-order valence-electron chi connectivity index (χ4n) is 4.95. The Morgan fingerprint density at radius 1 is 1.17 bits per heavy atom. The van der Waals surface area contributed by atoms with Crippen molar-refractivity contribution in [1.29, 1.82) is 5.26 Å². The van der Waals surface area contributed by atoms with Crippen LogP contribution < -0.4 is 10.0 Å². The van der Waals surface area contributed by atoms with Gasteiger partial charge in [0, 0.05) is 37.8 Å². The van der Waals surface area contributed by atoms with E-state index in [0.717, 1.165) is 18.4 Å². The predicted molar refractivity (Wildman–Crippen MR) is 137 cm³/mol. The first-order chi connectivity index (χ1) is 17.1. The van der Waals surface area contributed by atoms with Crippen molar-refractivity contribution in [2.24, 2.45) is 5.41 Å². The predicted octanol–water partition coefficient (Wildman–Crippen LogP) is 3.53. The molecule has 36 heavy (non-hydrogen) atoms. The Morgan fingerprint density at radius 2 is 1.89 bits per heavy atom. The van der Waals surface area contributed by atoms with Crippen molar-refractivity contribution in [3.63, 3.8) is 0 Å². The summed E-state index contributed by atoms with van der Waals surface area (Å²) >= 11 is 0. The molecule has 1 aliphatic rings. The molecule has 0 aliphatic heterocycles. The highest BCUT2D eigenvalue weighted by Gasteiger charge is 2.42. The minimum absolute atomic E-state index is 0.00545. The number of fused-ring (bicyclic) bond motifs is 1. The molecule has 0 atom stereocenters. The Hall–Kier alpha value is -3.84. The van der Waals surface area contributed by atoms with Crippen LogP contribution in [-0.4, -0.2) is 50.8 Å². The number of carbonyl (C=O) groups excluding carboxylic acids is 2. The van der Waals surface area contributed by atoms with E-state index in [1.807, 2.05) is 6.92 Å². The van der Waals surface area contributed by atoms with Crippen LogP contribution in [0.3, 0.4) is 0 Å². The van der Waals surface area contributed by atoms with E-state index in [9.17, 15) is 23.3 Å². The third-order valence-corrected chi connectivity index (χ3v) is 8.19. The highest BCUT2D eigenvalue weighted by Crippen LogP contribution is 2.39. The number of amides is 2. The highest BCUT2D eigenvalue weighted by atomic mass is 32.2. The second-order valence-electron chi connectivity index (χ2n) is 9.50. The first kappa shape index (κ1) is 25.3. The average Bonchev–Trinajstić information content (AvgIpc) is 3.52. The van der Waals surface area contributed by atoms with Gasteiger partial charge in [-0.05, 0) is 49.6 Å². The number of hydrogen-bond acceptors (Lipinski definition) is 5. The second-order valence-corrected chi connectivity index (χ2v) is 11.2. The Bertz CT molecular complexity index is 1480. The third kappa shape index (κ3) is 4.66. The van der Waals surface area contributed by atoms with Crippen molar-refractivity contribution >= 4 is 38.4 Å². The summed E-state index contributed by atoms with van der Waals surface area (Å²) in [7, 11) is -0.612. The standard InChI is InChI=1S/C26H29N5O4S/c1-17-9-10-21(23-22(17)19(14-27)15-28-23)30-36(34,35)20-8-6-7-18(13-20)24(32)29-16-26(11-4-5-12-26)25(33)31(2)3/h6-10,13,15,28,30H,4-5,11-12,16H2,1-3H3,(H,29,32). The summed E-state index contributed by atoms with van der Waals surface area (Å²) in [6.45, 7) is 2.05. The van der Waals surface area contributed by atoms with Crippen LogP contribution in [0.1, 0.15) is 47.2 Å². The normalized spacial score (nSPS) is 14.8. The van der Waals surface area contributed by atoms with E-state index in [1.165, 1.54) is 24.3 Å². The summed E-state index contributed by atoms with van der Waals surface area (Å²) in [6.07, 6.45) is 4.81. The molecule has 1 fully saturated rings. The molecule has 2 aromatic carbocycles. The smallest absolute Gasteiger partial charge is 0.261 e. The molecule has 0 bridgehead atoms. The van der Waals surface area contributed by atoms with Crippen molar-refractivity contribution in [2.45, 2.75) is 37.5 Å². The number of aromatic amines is 1. The number of anilines is 1. The van der Waals surface area contributed by atoms with Gasteiger partial charge in [0.2, 0.25) is 5.91 Å². The fourth-order valence-corrected chi connectivity index (χ4v) is 6.06. The van der Waals surface area contributed by atoms with Crippen molar-refractivity contribution in [2.75, 3.05) is 25.4 Å². The van der Waals surface area contributed by atoms with Crippen molar-refractivity contribution in [3.8, 4) is 6.07 Å². The summed E-state index contributed by atoms with van der Waals surface area (Å²) in [4.78, 5) is 30.2. The maximum atomic E-state index is 13.2. The lowest BCUT2D eigenvalue weighted by atomic mass is 9.84. The molecule has 3 aromatic rings. The lowest BCUT2D eigenvalue weighted by molar-refractivity contribution is -0.138. The van der Waals surface area contributed by atoms with E-state index in [4.69, 9.17) is 0 Å². The Kier molecular flexibility index (Phi) is 6.78. The average molecular weight is 508 g/mol. The van der Waals surface area contributed by atoms with Crippen molar-refractivity contribution in [1.82, 2.24) is 15.2 Å². The lowest BCUT2D eigenvalue weighted by Crippen LogP contribution is -2.46. The topological polar surface area (TPSA) is 135 Å². The van der Waals surface area contributed by atoms with Gasteiger partial charge in [-0.3, -0.25) is 14.3 Å². The van der Waals surface area contributed by atoms with Gasteiger partial charge in [-0.2, -0.15) is 5.26 Å². The third-order valence-electron chi connectivity index (χ3n) is 6.82. The number of carbonyl (C=O) groups is 2. The molecule has 0 saturated heterocycles. The zero-order valence-electron chi connectivity index (χ0n) is 20.5. The van der Waals surface area contributed by atoms with Crippen LogP contribution in [0.15, 0.2) is 47.5 Å². The van der Waals surface area contributed by atoms with Gasteiger partial charge in [0.15, 0.2) is 0 Å². The van der Waals surface area contributed by atoms with Crippen LogP contribution in [0.2, 0.25) is 0 Å². The van der Waals surface area contributed by atoms with Gasteiger partial charge in [-0.1, -0.05) is 25.0 Å². The van der Waals surface area contributed by atoms with Crippen molar-refractivity contribution in [3.05, 3.63) is 59.3 Å².